The molecule has 8 heteroatoms. The van der Waals surface area contributed by atoms with E-state index in [1.54, 1.807) is 49.6 Å². The smallest absolute Gasteiger partial charge is 0.277 e. The summed E-state index contributed by atoms with van der Waals surface area (Å²) in [5.41, 5.74) is 1.19. The molecule has 1 N–H and O–H groups in total. The molecule has 0 radical (unpaired) electrons. The first-order valence-corrected chi connectivity index (χ1v) is 8.43. The van der Waals surface area contributed by atoms with Crippen molar-refractivity contribution in [3.05, 3.63) is 60.2 Å². The molecule has 0 aliphatic heterocycles. The maximum atomic E-state index is 13.6. The molecule has 1 amide bonds. The highest BCUT2D eigenvalue weighted by Gasteiger charge is 2.19. The van der Waals surface area contributed by atoms with Crippen LogP contribution in [-0.4, -0.2) is 26.3 Å². The zero-order valence-electron chi connectivity index (χ0n) is 13.3. The van der Waals surface area contributed by atoms with Crippen molar-refractivity contribution in [1.82, 2.24) is 20.5 Å². The third-order valence-electron chi connectivity index (χ3n) is 3.39. The SMILES string of the molecule is CC(Sc1nnc(-c2ccncc2)o1)C(=O)NCc1ccccc1F. The van der Waals surface area contributed by atoms with Crippen LogP contribution in [0.1, 0.15) is 12.5 Å². The highest BCUT2D eigenvalue weighted by Crippen LogP contribution is 2.25. The van der Waals surface area contributed by atoms with Gasteiger partial charge in [0.15, 0.2) is 0 Å². The van der Waals surface area contributed by atoms with Crippen LogP contribution in [0.15, 0.2) is 58.4 Å². The van der Waals surface area contributed by atoms with Crippen molar-refractivity contribution in [2.45, 2.75) is 23.9 Å². The van der Waals surface area contributed by atoms with Gasteiger partial charge in [0.2, 0.25) is 11.8 Å². The lowest BCUT2D eigenvalue weighted by atomic mass is 10.2. The second-order valence-electron chi connectivity index (χ2n) is 5.18. The molecule has 0 fully saturated rings. The number of rotatable bonds is 6. The summed E-state index contributed by atoms with van der Waals surface area (Å²) in [5, 5.41) is 10.4. The number of pyridine rings is 1. The Morgan fingerprint density at radius 3 is 2.76 bits per heavy atom. The van der Waals surface area contributed by atoms with Crippen molar-refractivity contribution in [3.63, 3.8) is 0 Å². The minimum Gasteiger partial charge on any atom is -0.411 e. The van der Waals surface area contributed by atoms with E-state index < -0.39 is 5.25 Å². The first-order valence-electron chi connectivity index (χ1n) is 7.55. The molecule has 25 heavy (non-hydrogen) atoms. The second kappa shape index (κ2) is 7.89. The van der Waals surface area contributed by atoms with Crippen LogP contribution in [0.4, 0.5) is 4.39 Å². The molecule has 1 unspecified atom stereocenters. The molecule has 3 aromatic rings. The van der Waals surface area contributed by atoms with Gasteiger partial charge in [-0.15, -0.1) is 10.2 Å². The van der Waals surface area contributed by atoms with Crippen molar-refractivity contribution in [3.8, 4) is 11.5 Å². The highest BCUT2D eigenvalue weighted by atomic mass is 32.2. The third-order valence-corrected chi connectivity index (χ3v) is 4.33. The number of carbonyl (C=O) groups excluding carboxylic acids is 1. The number of benzene rings is 1. The quantitative estimate of drug-likeness (QED) is 0.682. The molecule has 2 heterocycles. The molecular weight excluding hydrogens is 343 g/mol. The first-order chi connectivity index (χ1) is 12.1. The molecule has 0 aliphatic carbocycles. The topological polar surface area (TPSA) is 80.9 Å². The number of hydrogen-bond donors (Lipinski definition) is 1. The Kier molecular flexibility index (Phi) is 5.39. The predicted molar refractivity (Wildman–Crippen MR) is 91.1 cm³/mol. The Labute approximate surface area is 147 Å². The van der Waals surface area contributed by atoms with Gasteiger partial charge in [-0.3, -0.25) is 9.78 Å². The number of halogens is 1. The Balaban J connectivity index is 1.57. The van der Waals surface area contributed by atoms with Crippen LogP contribution in [-0.2, 0) is 11.3 Å². The fraction of sp³-hybridized carbons (Fsp3) is 0.176. The Morgan fingerprint density at radius 2 is 2.00 bits per heavy atom. The monoisotopic (exact) mass is 358 g/mol. The molecule has 0 spiro atoms. The molecule has 1 aromatic carbocycles. The third kappa shape index (κ3) is 4.42. The summed E-state index contributed by atoms with van der Waals surface area (Å²) in [5.74, 6) is -0.220. The molecule has 2 aromatic heterocycles. The van der Waals surface area contributed by atoms with Crippen LogP contribution in [0.3, 0.4) is 0 Å². The number of aromatic nitrogens is 3. The van der Waals surface area contributed by atoms with Crippen LogP contribution >= 0.6 is 11.8 Å². The van der Waals surface area contributed by atoms with Crippen LogP contribution in [0, 0.1) is 5.82 Å². The molecule has 0 saturated heterocycles. The zero-order valence-corrected chi connectivity index (χ0v) is 14.2. The van der Waals surface area contributed by atoms with Gasteiger partial charge < -0.3 is 9.73 Å². The average molecular weight is 358 g/mol. The van der Waals surface area contributed by atoms with Crippen LogP contribution in [0.25, 0.3) is 11.5 Å². The van der Waals surface area contributed by atoms with Crippen molar-refractivity contribution in [2.75, 3.05) is 0 Å². The van der Waals surface area contributed by atoms with E-state index in [1.807, 2.05) is 0 Å². The first kappa shape index (κ1) is 17.1. The number of nitrogens with zero attached hydrogens (tertiary/aromatic N) is 3. The normalized spacial score (nSPS) is 11.9. The largest absolute Gasteiger partial charge is 0.411 e. The van der Waals surface area contributed by atoms with Crippen LogP contribution < -0.4 is 5.32 Å². The van der Waals surface area contributed by atoms with Crippen molar-refractivity contribution in [2.24, 2.45) is 0 Å². The molecule has 6 nitrogen and oxygen atoms in total. The molecule has 0 bridgehead atoms. The van der Waals surface area contributed by atoms with Gasteiger partial charge in [0.25, 0.3) is 5.22 Å². The number of nitrogens with one attached hydrogen (secondary N) is 1. The van der Waals surface area contributed by atoms with Crippen LogP contribution in [0.2, 0.25) is 0 Å². The fourth-order valence-electron chi connectivity index (χ4n) is 2.04. The summed E-state index contributed by atoms with van der Waals surface area (Å²) in [4.78, 5) is 16.1. The molecule has 0 aliphatic rings. The Morgan fingerprint density at radius 1 is 1.24 bits per heavy atom. The van der Waals surface area contributed by atoms with E-state index in [0.717, 1.165) is 17.3 Å². The van der Waals surface area contributed by atoms with Crippen LogP contribution in [0.5, 0.6) is 0 Å². The van der Waals surface area contributed by atoms with Gasteiger partial charge in [-0.1, -0.05) is 30.0 Å². The lowest BCUT2D eigenvalue weighted by Crippen LogP contribution is -2.30. The summed E-state index contributed by atoms with van der Waals surface area (Å²) in [7, 11) is 0. The van der Waals surface area contributed by atoms with Crippen molar-refractivity contribution in [1.29, 1.82) is 0 Å². The minimum atomic E-state index is -0.461. The zero-order chi connectivity index (χ0) is 17.6. The summed E-state index contributed by atoms with van der Waals surface area (Å²) < 4.78 is 19.1. The molecular formula is C17H15FN4O2S. The minimum absolute atomic E-state index is 0.127. The van der Waals surface area contributed by atoms with E-state index in [1.165, 1.54) is 6.07 Å². The summed E-state index contributed by atoms with van der Waals surface area (Å²) in [6.07, 6.45) is 3.26. The van der Waals surface area contributed by atoms with Gasteiger partial charge in [0, 0.05) is 30.1 Å². The highest BCUT2D eigenvalue weighted by molar-refractivity contribution is 8.00. The van der Waals surface area contributed by atoms with Gasteiger partial charge >= 0.3 is 0 Å². The number of thioether (sulfide) groups is 1. The molecule has 1 atom stereocenters. The van der Waals surface area contributed by atoms with E-state index in [4.69, 9.17) is 4.42 Å². The molecule has 3 rings (SSSR count). The number of amides is 1. The summed E-state index contributed by atoms with van der Waals surface area (Å²) >= 11 is 1.14. The Hall–Kier alpha value is -2.74. The number of carbonyl (C=O) groups is 1. The summed E-state index contributed by atoms with van der Waals surface area (Å²) in [6, 6.07) is 9.83. The lowest BCUT2D eigenvalue weighted by molar-refractivity contribution is -0.120. The van der Waals surface area contributed by atoms with E-state index in [-0.39, 0.29) is 18.3 Å². The van der Waals surface area contributed by atoms with Gasteiger partial charge in [-0.05, 0) is 25.1 Å². The standard InChI is InChI=1S/C17H15FN4O2S/c1-11(15(23)20-10-13-4-2-3-5-14(13)18)25-17-22-21-16(24-17)12-6-8-19-9-7-12/h2-9,11H,10H2,1H3,(H,20,23). The molecule has 128 valence electrons. The predicted octanol–water partition coefficient (Wildman–Crippen LogP) is 3.07. The maximum absolute atomic E-state index is 13.6. The van der Waals surface area contributed by atoms with Crippen molar-refractivity contribution < 1.29 is 13.6 Å². The van der Waals surface area contributed by atoms with E-state index >= 15 is 0 Å². The summed E-state index contributed by atoms with van der Waals surface area (Å²) in [6.45, 7) is 1.85. The van der Waals surface area contributed by atoms with Crippen molar-refractivity contribution >= 4 is 17.7 Å². The van der Waals surface area contributed by atoms with E-state index in [0.29, 0.717) is 16.7 Å². The molecule has 0 saturated carbocycles. The van der Waals surface area contributed by atoms with Gasteiger partial charge in [0.05, 0.1) is 5.25 Å². The van der Waals surface area contributed by atoms with E-state index in [2.05, 4.69) is 20.5 Å². The van der Waals surface area contributed by atoms with Gasteiger partial charge in [-0.2, -0.15) is 0 Å². The Bertz CT molecular complexity index is 857. The second-order valence-corrected chi connectivity index (χ2v) is 6.47. The van der Waals surface area contributed by atoms with E-state index in [9.17, 15) is 9.18 Å². The van der Waals surface area contributed by atoms with Gasteiger partial charge in [0.1, 0.15) is 5.82 Å². The maximum Gasteiger partial charge on any atom is 0.277 e. The van der Waals surface area contributed by atoms with Gasteiger partial charge in [-0.25, -0.2) is 4.39 Å². The number of hydrogen-bond acceptors (Lipinski definition) is 6. The average Bonchev–Trinajstić information content (AvgIpc) is 3.10. The lowest BCUT2D eigenvalue weighted by Gasteiger charge is -2.10. The fourth-order valence-corrected chi connectivity index (χ4v) is 2.75.